The van der Waals surface area contributed by atoms with Crippen LogP contribution in [0.5, 0.6) is 0 Å². The number of hydrogen-bond donors (Lipinski definition) is 2. The normalized spacial score (nSPS) is 12.9. The van der Waals surface area contributed by atoms with Crippen LogP contribution in [0.1, 0.15) is 41.5 Å². The molecule has 0 atom stereocenters. The molecule has 0 aliphatic carbocycles. The number of carbonyl (C=O) groups is 2. The first kappa shape index (κ1) is 15.2. The number of rotatable bonds is 0. The van der Waals surface area contributed by atoms with Gasteiger partial charge in [-0.15, -0.1) is 0 Å². The zero-order valence-electron chi connectivity index (χ0n) is 9.82. The average molecular weight is 200 g/mol. The van der Waals surface area contributed by atoms with Gasteiger partial charge in [0, 0.05) is 0 Å². The van der Waals surface area contributed by atoms with Crippen molar-refractivity contribution in [3.05, 3.63) is 11.3 Å². The molecular weight excluding hydrogens is 180 g/mol. The summed E-state index contributed by atoms with van der Waals surface area (Å²) in [5.74, 6) is -0.343. The molecule has 0 radical (unpaired) electrons. The number of nitrogens with one attached hydrogen (secondary N) is 2. The minimum atomic E-state index is -0.443. The van der Waals surface area contributed by atoms with E-state index in [1.807, 2.05) is 27.7 Å². The number of allylic oxidation sites excluding steroid dienone is 1. The number of hydrogen-bond acceptors (Lipinski definition) is 2. The molecule has 4 heteroatoms. The van der Waals surface area contributed by atoms with Gasteiger partial charge in [-0.1, -0.05) is 27.7 Å². The molecule has 0 unspecified atom stereocenters. The number of amides is 3. The van der Waals surface area contributed by atoms with Gasteiger partial charge in [-0.3, -0.25) is 10.1 Å². The predicted molar refractivity (Wildman–Crippen MR) is 57.7 cm³/mol. The van der Waals surface area contributed by atoms with Gasteiger partial charge >= 0.3 is 6.03 Å². The average Bonchev–Trinajstić information content (AvgIpc) is 2.52. The summed E-state index contributed by atoms with van der Waals surface area (Å²) in [5.41, 5.74) is 1.17. The van der Waals surface area contributed by atoms with Crippen molar-refractivity contribution in [2.75, 3.05) is 0 Å². The van der Waals surface area contributed by atoms with E-state index in [1.165, 1.54) is 0 Å². The second-order valence-corrected chi connectivity index (χ2v) is 2.28. The Morgan fingerprint density at radius 3 is 1.50 bits per heavy atom. The molecule has 0 aromatic heterocycles. The second-order valence-electron chi connectivity index (χ2n) is 2.28. The Morgan fingerprint density at radius 2 is 1.36 bits per heavy atom. The van der Waals surface area contributed by atoms with E-state index in [0.717, 1.165) is 5.57 Å². The molecule has 1 fully saturated rings. The maximum atomic E-state index is 10.8. The molecule has 2 N–H and O–H groups in total. The van der Waals surface area contributed by atoms with Crippen LogP contribution in [0.4, 0.5) is 4.79 Å². The Hall–Kier alpha value is -1.32. The van der Waals surface area contributed by atoms with E-state index in [-0.39, 0.29) is 5.91 Å². The molecule has 4 nitrogen and oxygen atoms in total. The summed E-state index contributed by atoms with van der Waals surface area (Å²) in [6, 6.07) is -0.443. The first-order chi connectivity index (χ1) is 6.61. The van der Waals surface area contributed by atoms with Crippen LogP contribution in [-0.2, 0) is 4.79 Å². The fourth-order valence-electron chi connectivity index (χ4n) is 0.719. The molecule has 1 aliphatic heterocycles. The third-order valence-electron chi connectivity index (χ3n) is 1.19. The molecule has 0 spiro atoms. The predicted octanol–water partition coefficient (Wildman–Crippen LogP) is 2.17. The van der Waals surface area contributed by atoms with Crippen molar-refractivity contribution in [3.8, 4) is 0 Å². The maximum Gasteiger partial charge on any atom is 0.326 e. The van der Waals surface area contributed by atoms with Gasteiger partial charge in [0.2, 0.25) is 0 Å². The summed E-state index contributed by atoms with van der Waals surface area (Å²) in [6.45, 7) is 11.5. The summed E-state index contributed by atoms with van der Waals surface area (Å²) < 4.78 is 0. The minimum absolute atomic E-state index is 0.343. The van der Waals surface area contributed by atoms with E-state index < -0.39 is 6.03 Å². The van der Waals surface area contributed by atoms with Crippen LogP contribution in [0.25, 0.3) is 0 Å². The van der Waals surface area contributed by atoms with Gasteiger partial charge in [0.05, 0.1) is 0 Å². The van der Waals surface area contributed by atoms with E-state index in [9.17, 15) is 9.59 Å². The Morgan fingerprint density at radius 1 is 0.929 bits per heavy atom. The highest BCUT2D eigenvalue weighted by Crippen LogP contribution is 2.03. The van der Waals surface area contributed by atoms with Crippen LogP contribution in [-0.4, -0.2) is 11.9 Å². The zero-order chi connectivity index (χ0) is 11.7. The van der Waals surface area contributed by atoms with Gasteiger partial charge in [0.15, 0.2) is 0 Å². The highest BCUT2D eigenvalue weighted by Gasteiger charge is 2.23. The third kappa shape index (κ3) is 4.64. The maximum absolute atomic E-state index is 10.8. The van der Waals surface area contributed by atoms with Crippen molar-refractivity contribution in [1.82, 2.24) is 10.6 Å². The summed E-state index contributed by atoms with van der Waals surface area (Å²) in [4.78, 5) is 21.3. The fraction of sp³-hybridized carbons (Fsp3) is 0.600. The van der Waals surface area contributed by atoms with Crippen LogP contribution >= 0.6 is 0 Å². The first-order valence-corrected chi connectivity index (χ1v) is 4.91. The number of urea groups is 1. The topological polar surface area (TPSA) is 58.2 Å². The van der Waals surface area contributed by atoms with Gasteiger partial charge in [-0.05, 0) is 19.4 Å². The van der Waals surface area contributed by atoms with Gasteiger partial charge in [-0.2, -0.15) is 0 Å². The molecule has 0 aromatic carbocycles. The van der Waals surface area contributed by atoms with Crippen LogP contribution in [0.2, 0.25) is 0 Å². The van der Waals surface area contributed by atoms with Crippen molar-refractivity contribution >= 4 is 11.9 Å². The summed E-state index contributed by atoms with van der Waals surface area (Å²) >= 11 is 0. The smallest absolute Gasteiger partial charge is 0.303 e. The van der Waals surface area contributed by atoms with Crippen LogP contribution < -0.4 is 10.6 Å². The van der Waals surface area contributed by atoms with E-state index >= 15 is 0 Å². The Balaban J connectivity index is 0. The molecule has 14 heavy (non-hydrogen) atoms. The zero-order valence-corrected chi connectivity index (χ0v) is 9.82. The van der Waals surface area contributed by atoms with Crippen molar-refractivity contribution in [2.45, 2.75) is 41.5 Å². The van der Waals surface area contributed by atoms with Crippen LogP contribution in [0, 0.1) is 0 Å². The van der Waals surface area contributed by atoms with E-state index in [4.69, 9.17) is 0 Å². The highest BCUT2D eigenvalue weighted by molar-refractivity contribution is 6.11. The molecule has 1 saturated heterocycles. The van der Waals surface area contributed by atoms with Gasteiger partial charge in [0.1, 0.15) is 5.70 Å². The molecule has 3 amide bonds. The Kier molecular flexibility index (Phi) is 8.98. The number of imide groups is 1. The Labute approximate surface area is 85.8 Å². The lowest BCUT2D eigenvalue weighted by molar-refractivity contribution is -0.115. The lowest BCUT2D eigenvalue weighted by Gasteiger charge is -1.93. The molecule has 1 aliphatic rings. The van der Waals surface area contributed by atoms with Crippen molar-refractivity contribution in [3.63, 3.8) is 0 Å². The third-order valence-corrected chi connectivity index (χ3v) is 1.19. The molecule has 0 bridgehead atoms. The fourth-order valence-corrected chi connectivity index (χ4v) is 0.719. The SMILES string of the molecule is CC.CC.CC(C)=C1NC(=O)NC1=O. The molecule has 1 rings (SSSR count). The molecular formula is C10H20N2O2. The van der Waals surface area contributed by atoms with Crippen molar-refractivity contribution in [2.24, 2.45) is 0 Å². The summed E-state index contributed by atoms with van der Waals surface area (Å²) in [5, 5.41) is 4.48. The molecule has 82 valence electrons. The van der Waals surface area contributed by atoms with Gasteiger partial charge < -0.3 is 5.32 Å². The van der Waals surface area contributed by atoms with Crippen molar-refractivity contribution in [1.29, 1.82) is 0 Å². The minimum Gasteiger partial charge on any atom is -0.303 e. The van der Waals surface area contributed by atoms with Gasteiger partial charge in [-0.25, -0.2) is 4.79 Å². The quantitative estimate of drug-likeness (QED) is 0.465. The summed E-state index contributed by atoms with van der Waals surface area (Å²) in [6.07, 6.45) is 0. The van der Waals surface area contributed by atoms with E-state index in [0.29, 0.717) is 5.70 Å². The highest BCUT2D eigenvalue weighted by atomic mass is 16.2. The van der Waals surface area contributed by atoms with E-state index in [2.05, 4.69) is 10.6 Å². The largest absolute Gasteiger partial charge is 0.326 e. The van der Waals surface area contributed by atoms with Gasteiger partial charge in [0.25, 0.3) is 5.91 Å². The second kappa shape index (κ2) is 8.29. The molecule has 0 saturated carbocycles. The monoisotopic (exact) mass is 200 g/mol. The lowest BCUT2D eigenvalue weighted by atomic mass is 10.2. The number of carbonyl (C=O) groups excluding carboxylic acids is 2. The standard InChI is InChI=1S/C6H8N2O2.2C2H6/c1-3(2)4-5(9)8-6(10)7-4;2*1-2/h1-2H3,(H2,7,8,9,10);2*1-2H3. The Bertz CT molecular complexity index is 228. The van der Waals surface area contributed by atoms with E-state index in [1.54, 1.807) is 13.8 Å². The molecule has 0 aromatic rings. The first-order valence-electron chi connectivity index (χ1n) is 4.91. The lowest BCUT2D eigenvalue weighted by Crippen LogP contribution is -2.22. The van der Waals surface area contributed by atoms with Crippen LogP contribution in [0.15, 0.2) is 11.3 Å². The molecule has 1 heterocycles. The van der Waals surface area contributed by atoms with Crippen molar-refractivity contribution < 1.29 is 9.59 Å². The summed E-state index contributed by atoms with van der Waals surface area (Å²) in [7, 11) is 0. The van der Waals surface area contributed by atoms with Crippen LogP contribution in [0.3, 0.4) is 0 Å².